The average Bonchev–Trinajstić information content (AvgIpc) is 3.30. The zero-order valence-electron chi connectivity index (χ0n) is 15.5. The predicted molar refractivity (Wildman–Crippen MR) is 118 cm³/mol. The third-order valence-corrected chi connectivity index (χ3v) is 7.83. The number of amides is 3. The number of nitrogens with one attached hydrogen (secondary N) is 1. The molecule has 158 valence electrons. The van der Waals surface area contributed by atoms with E-state index in [0.29, 0.717) is 9.93 Å². The Bertz CT molecular complexity index is 1080. The molecule has 0 unspecified atom stereocenters. The Morgan fingerprint density at radius 3 is 2.57 bits per heavy atom. The third-order valence-electron chi connectivity index (χ3n) is 4.12. The molecule has 1 aliphatic rings. The summed E-state index contributed by atoms with van der Waals surface area (Å²) in [5, 5.41) is 4.44. The average molecular weight is 485 g/mol. The van der Waals surface area contributed by atoms with Crippen LogP contribution in [0.3, 0.4) is 0 Å². The molecule has 1 aliphatic heterocycles. The van der Waals surface area contributed by atoms with Crippen molar-refractivity contribution in [1.82, 2.24) is 10.2 Å². The van der Waals surface area contributed by atoms with Gasteiger partial charge in [-0.1, -0.05) is 17.7 Å². The van der Waals surface area contributed by atoms with E-state index >= 15 is 0 Å². The molecule has 2 aromatic rings. The highest BCUT2D eigenvalue weighted by Gasteiger charge is 2.34. The van der Waals surface area contributed by atoms with Gasteiger partial charge in [-0.25, -0.2) is 8.42 Å². The number of imide groups is 1. The lowest BCUT2D eigenvalue weighted by atomic mass is 10.3. The summed E-state index contributed by atoms with van der Waals surface area (Å²) in [6.07, 6.45) is 1.43. The van der Waals surface area contributed by atoms with E-state index in [2.05, 4.69) is 5.32 Å². The monoisotopic (exact) mass is 484 g/mol. The zero-order chi connectivity index (χ0) is 21.7. The molecule has 3 rings (SSSR count). The van der Waals surface area contributed by atoms with Crippen molar-refractivity contribution in [3.05, 3.63) is 56.6 Å². The number of rotatable bonds is 8. The highest BCUT2D eigenvalue weighted by molar-refractivity contribution is 8.18. The van der Waals surface area contributed by atoms with Crippen molar-refractivity contribution in [3.63, 3.8) is 0 Å². The fraction of sp³-hybridized carbons (Fsp3) is 0.211. The molecule has 3 amide bonds. The Kier molecular flexibility index (Phi) is 7.35. The number of benzene rings is 1. The Morgan fingerprint density at radius 2 is 1.90 bits per heavy atom. The summed E-state index contributed by atoms with van der Waals surface area (Å²) < 4.78 is 24.5. The number of carbonyl (C=O) groups excluding carboxylic acids is 3. The van der Waals surface area contributed by atoms with Crippen LogP contribution in [0.15, 0.2) is 51.6 Å². The van der Waals surface area contributed by atoms with Crippen molar-refractivity contribution in [2.45, 2.75) is 11.3 Å². The zero-order valence-corrected chi connectivity index (χ0v) is 18.7. The van der Waals surface area contributed by atoms with Crippen LogP contribution in [0.2, 0.25) is 5.02 Å². The van der Waals surface area contributed by atoms with Crippen molar-refractivity contribution in [2.24, 2.45) is 0 Å². The van der Waals surface area contributed by atoms with Crippen LogP contribution >= 0.6 is 34.7 Å². The lowest BCUT2D eigenvalue weighted by Crippen LogP contribution is -2.37. The Balaban J connectivity index is 1.47. The summed E-state index contributed by atoms with van der Waals surface area (Å²) >= 11 is 8.06. The first-order valence-electron chi connectivity index (χ1n) is 8.80. The van der Waals surface area contributed by atoms with Crippen molar-refractivity contribution in [2.75, 3.05) is 18.8 Å². The van der Waals surface area contributed by atoms with Crippen LogP contribution in [0, 0.1) is 0 Å². The van der Waals surface area contributed by atoms with Crippen LogP contribution < -0.4 is 5.32 Å². The Labute approximate surface area is 187 Å². The van der Waals surface area contributed by atoms with Crippen LogP contribution in [-0.4, -0.2) is 49.2 Å². The number of hydrogen-bond donors (Lipinski definition) is 1. The van der Waals surface area contributed by atoms with Crippen molar-refractivity contribution < 1.29 is 22.8 Å². The first-order valence-corrected chi connectivity index (χ1v) is 12.5. The number of thioether (sulfide) groups is 1. The Hall–Kier alpha value is -2.14. The molecule has 30 heavy (non-hydrogen) atoms. The van der Waals surface area contributed by atoms with Crippen LogP contribution in [-0.2, 0) is 19.4 Å². The normalized spacial score (nSPS) is 15.8. The smallest absolute Gasteiger partial charge is 0.293 e. The highest BCUT2D eigenvalue weighted by Crippen LogP contribution is 2.32. The second-order valence-corrected chi connectivity index (χ2v) is 10.7. The van der Waals surface area contributed by atoms with Gasteiger partial charge in [0.25, 0.3) is 11.1 Å². The summed E-state index contributed by atoms with van der Waals surface area (Å²) in [4.78, 5) is 38.8. The number of halogens is 1. The SMILES string of the molecule is O=C(CCS(=O)(=O)c1ccc(Cl)cc1)NCCN1C(=O)S/C(=C/c2cccs2)C1=O. The number of nitrogens with zero attached hydrogens (tertiary/aromatic N) is 1. The van der Waals surface area contributed by atoms with Gasteiger partial charge in [0, 0.05) is 29.4 Å². The van der Waals surface area contributed by atoms with Gasteiger partial charge in [0.1, 0.15) is 0 Å². The predicted octanol–water partition coefficient (Wildman–Crippen LogP) is 3.42. The van der Waals surface area contributed by atoms with Gasteiger partial charge >= 0.3 is 0 Å². The van der Waals surface area contributed by atoms with Gasteiger partial charge in [0.2, 0.25) is 5.91 Å². The molecule has 1 aromatic heterocycles. The van der Waals surface area contributed by atoms with E-state index in [9.17, 15) is 22.8 Å². The number of carbonyl (C=O) groups is 3. The standard InChI is InChI=1S/C19H17ClN2O5S3/c20-13-3-5-15(6-4-13)30(26,27)11-7-17(23)21-8-9-22-18(24)16(29-19(22)25)12-14-2-1-10-28-14/h1-6,10,12H,7-9,11H2,(H,21,23)/b16-12+. The van der Waals surface area contributed by atoms with Gasteiger partial charge in [-0.3, -0.25) is 19.3 Å². The van der Waals surface area contributed by atoms with Crippen LogP contribution in [0.25, 0.3) is 6.08 Å². The first-order chi connectivity index (χ1) is 14.3. The summed E-state index contributed by atoms with van der Waals surface area (Å²) in [5.74, 6) is -1.24. The third kappa shape index (κ3) is 5.72. The highest BCUT2D eigenvalue weighted by atomic mass is 35.5. The summed E-state index contributed by atoms with van der Waals surface area (Å²) in [5.41, 5.74) is 0. The van der Waals surface area contributed by atoms with Crippen molar-refractivity contribution in [1.29, 1.82) is 0 Å². The maximum absolute atomic E-state index is 12.4. The minimum Gasteiger partial charge on any atom is -0.354 e. The molecular weight excluding hydrogens is 468 g/mol. The van der Waals surface area contributed by atoms with Gasteiger partial charge in [0.15, 0.2) is 9.84 Å². The largest absolute Gasteiger partial charge is 0.354 e. The fourth-order valence-corrected chi connectivity index (χ4v) is 5.53. The van der Waals surface area contributed by atoms with Gasteiger partial charge in [-0.2, -0.15) is 0 Å². The van der Waals surface area contributed by atoms with Crippen LogP contribution in [0.1, 0.15) is 11.3 Å². The van der Waals surface area contributed by atoms with Crippen molar-refractivity contribution in [3.8, 4) is 0 Å². The fourth-order valence-electron chi connectivity index (χ4n) is 2.58. The van der Waals surface area contributed by atoms with E-state index in [1.807, 2.05) is 17.5 Å². The van der Waals surface area contributed by atoms with E-state index in [1.165, 1.54) is 35.6 Å². The molecule has 7 nitrogen and oxygen atoms in total. The van der Waals surface area contributed by atoms with Crippen LogP contribution in [0.5, 0.6) is 0 Å². The summed E-state index contributed by atoms with van der Waals surface area (Å²) in [6.45, 7) is 0.0618. The van der Waals surface area contributed by atoms with E-state index in [4.69, 9.17) is 11.6 Å². The number of sulfone groups is 1. The van der Waals surface area contributed by atoms with Gasteiger partial charge in [-0.15, -0.1) is 11.3 Å². The molecule has 0 bridgehead atoms. The maximum Gasteiger partial charge on any atom is 0.293 e. The lowest BCUT2D eigenvalue weighted by Gasteiger charge is -2.13. The van der Waals surface area contributed by atoms with Gasteiger partial charge in [0.05, 0.1) is 15.6 Å². The van der Waals surface area contributed by atoms with E-state index in [0.717, 1.165) is 21.5 Å². The second-order valence-electron chi connectivity index (χ2n) is 6.22. The summed E-state index contributed by atoms with van der Waals surface area (Å²) in [6, 6.07) is 9.41. The van der Waals surface area contributed by atoms with Gasteiger partial charge in [-0.05, 0) is 53.5 Å². The molecule has 0 radical (unpaired) electrons. The maximum atomic E-state index is 12.4. The van der Waals surface area contributed by atoms with E-state index < -0.39 is 26.9 Å². The Morgan fingerprint density at radius 1 is 1.17 bits per heavy atom. The molecule has 1 fully saturated rings. The second kappa shape index (κ2) is 9.78. The van der Waals surface area contributed by atoms with E-state index in [-0.39, 0.29) is 30.2 Å². The molecule has 1 saturated heterocycles. The minimum atomic E-state index is -3.61. The number of thiophene rings is 1. The molecule has 11 heteroatoms. The molecule has 1 N–H and O–H groups in total. The first kappa shape index (κ1) is 22.5. The van der Waals surface area contributed by atoms with Crippen molar-refractivity contribution >= 4 is 67.7 Å². The lowest BCUT2D eigenvalue weighted by molar-refractivity contribution is -0.124. The number of hydrogen-bond acceptors (Lipinski definition) is 7. The quantitative estimate of drug-likeness (QED) is 0.576. The molecule has 0 saturated carbocycles. The molecule has 0 spiro atoms. The molecular formula is C19H17ClN2O5S3. The topological polar surface area (TPSA) is 101 Å². The minimum absolute atomic E-state index is 0.0160. The van der Waals surface area contributed by atoms with Crippen LogP contribution in [0.4, 0.5) is 4.79 Å². The van der Waals surface area contributed by atoms with E-state index in [1.54, 1.807) is 6.08 Å². The molecule has 0 aliphatic carbocycles. The molecule has 1 aromatic carbocycles. The van der Waals surface area contributed by atoms with Gasteiger partial charge < -0.3 is 5.32 Å². The molecule has 2 heterocycles. The summed E-state index contributed by atoms with van der Waals surface area (Å²) in [7, 11) is -3.61. The molecule has 0 atom stereocenters.